The summed E-state index contributed by atoms with van der Waals surface area (Å²) >= 11 is 0. The zero-order valence-corrected chi connectivity index (χ0v) is 49.3. The molecule has 518 valence electrons. The molecule has 0 aliphatic rings. The standard InChI is InChI=1S/2C11H8O3.5C7H6O5.C7H6O4/c12-10-3-1-2-7-4-5-8(11(13)14)6-9(7)10;12-10-8-4-2-1-3-7(8)5-6-9(10)11(13)14;8-4-2-6(10)5(9)1-3(4)7(11)12;8-3-1-4(9)6(7(11)12)5(10)2-3;8-4-1-3(7(11)12)2-5(9)6(4)10;8-3-1-2-4(9)6(10)5(3)7(11)12;8-4-2-1-3(7(11)12)5(9)6(4)10;8-4-2-1-3-5(9)6(4)7(10)11/h2*1-6,12H,(H,13,14);5*1-2,8-10H,(H,11,12);1-3,8-9H,(H,10,11). The van der Waals surface area contributed by atoms with Crippen molar-refractivity contribution in [1.29, 1.82) is 0 Å². The lowest BCUT2D eigenvalue weighted by molar-refractivity contribution is 0.0678. The maximum Gasteiger partial charge on any atom is 0.343 e. The van der Waals surface area contributed by atoms with Crippen molar-refractivity contribution in [2.24, 2.45) is 0 Å². The summed E-state index contributed by atoms with van der Waals surface area (Å²) in [6.07, 6.45) is 0. The first kappa shape index (κ1) is 77.9. The first-order valence-corrected chi connectivity index (χ1v) is 26.2. The van der Waals surface area contributed by atoms with E-state index >= 15 is 0 Å². The molecule has 10 aromatic carbocycles. The molecule has 0 radical (unpaired) electrons. The Balaban J connectivity index is 0.000000295. The Morgan fingerprint density at radius 2 is 0.596 bits per heavy atom. The Morgan fingerprint density at radius 3 is 1.08 bits per heavy atom. The normalized spacial score (nSPS) is 9.82. The van der Waals surface area contributed by atoms with Gasteiger partial charge in [-0.3, -0.25) is 0 Å². The number of carboxylic acid groups (broad SMARTS) is 8. The SMILES string of the molecule is O=C(O)c1c(O)cc(O)cc1O.O=C(O)c1c(O)ccc(O)c1O.O=C(O)c1c(O)cccc1O.O=C(O)c1cc(O)c(O)c(O)c1.O=C(O)c1cc(O)c(O)cc1O.O=C(O)c1ccc(O)c(O)c1O.O=C(O)c1ccc2cccc(O)c2c1.O=C(O)c1ccc2ccccc2c1O. The van der Waals surface area contributed by atoms with Crippen LogP contribution >= 0.6 is 0 Å². The number of carbonyl (C=O) groups is 8. The van der Waals surface area contributed by atoms with Crippen LogP contribution in [-0.2, 0) is 0 Å². The van der Waals surface area contributed by atoms with Gasteiger partial charge in [0.15, 0.2) is 51.7 Å². The number of phenols is 19. The average Bonchev–Trinajstić information content (AvgIpc) is 0.823. The van der Waals surface area contributed by atoms with Crippen LogP contribution in [0.15, 0.2) is 152 Å². The van der Waals surface area contributed by atoms with Crippen LogP contribution in [0.3, 0.4) is 0 Å². The van der Waals surface area contributed by atoms with Crippen molar-refractivity contribution in [3.8, 4) is 109 Å². The van der Waals surface area contributed by atoms with Crippen molar-refractivity contribution in [2.75, 3.05) is 0 Å². The van der Waals surface area contributed by atoms with E-state index in [0.717, 1.165) is 71.4 Å². The van der Waals surface area contributed by atoms with Gasteiger partial charge in [-0.1, -0.05) is 54.6 Å². The summed E-state index contributed by atoms with van der Waals surface area (Å²) in [5.41, 5.74) is -2.86. The number of aromatic carboxylic acids is 8. The highest BCUT2D eigenvalue weighted by Gasteiger charge is 2.21. The number of carboxylic acids is 8. The number of hydrogen-bond acceptors (Lipinski definition) is 27. The van der Waals surface area contributed by atoms with Gasteiger partial charge in [0.1, 0.15) is 85.1 Å². The summed E-state index contributed by atoms with van der Waals surface area (Å²) in [6, 6.07) is 32.5. The molecule has 0 heterocycles. The third-order valence-electron chi connectivity index (χ3n) is 12.1. The van der Waals surface area contributed by atoms with Crippen LogP contribution in [0.4, 0.5) is 0 Å². The van der Waals surface area contributed by atoms with E-state index in [1.54, 1.807) is 30.3 Å². The van der Waals surface area contributed by atoms with Gasteiger partial charge in [-0.15, -0.1) is 0 Å². The molecule has 0 bridgehead atoms. The van der Waals surface area contributed by atoms with Crippen molar-refractivity contribution in [3.05, 3.63) is 196 Å². The van der Waals surface area contributed by atoms with Gasteiger partial charge in [0.25, 0.3) is 0 Å². The van der Waals surface area contributed by atoms with Gasteiger partial charge in [-0.2, -0.15) is 0 Å². The van der Waals surface area contributed by atoms with Gasteiger partial charge in [-0.05, 0) is 83.6 Å². The molecule has 0 aliphatic heterocycles. The van der Waals surface area contributed by atoms with E-state index in [-0.39, 0.29) is 28.2 Å². The molecule has 0 atom stereocenters. The summed E-state index contributed by atoms with van der Waals surface area (Å²) in [7, 11) is 0. The minimum Gasteiger partial charge on any atom is -0.508 e. The lowest BCUT2D eigenvalue weighted by Crippen LogP contribution is -1.97. The van der Waals surface area contributed by atoms with Crippen LogP contribution in [0.5, 0.6) is 109 Å². The predicted molar refractivity (Wildman–Crippen MR) is 334 cm³/mol. The second-order valence-corrected chi connectivity index (χ2v) is 18.7. The number of benzene rings is 10. The van der Waals surface area contributed by atoms with E-state index in [2.05, 4.69) is 0 Å². The highest BCUT2D eigenvalue weighted by Crippen LogP contribution is 2.39. The predicted octanol–water partition coefficient (Wildman–Crippen LogP) is 7.79. The maximum absolute atomic E-state index is 10.7. The monoisotopic (exact) mass is 1380 g/mol. The maximum atomic E-state index is 10.7. The number of phenolic OH excluding ortho intramolecular Hbond substituents is 10. The molecular weight excluding hydrogens is 1330 g/mol. The van der Waals surface area contributed by atoms with Gasteiger partial charge in [0.2, 0.25) is 5.75 Å². The largest absolute Gasteiger partial charge is 0.508 e. The molecule has 0 aliphatic carbocycles. The minimum absolute atomic E-state index is 0.0660. The Kier molecular flexibility index (Phi) is 27.1. The fraction of sp³-hybridized carbons (Fsp3) is 0. The Bertz CT molecular complexity index is 4620. The zero-order chi connectivity index (χ0) is 75.2. The van der Waals surface area contributed by atoms with E-state index in [9.17, 15) is 48.6 Å². The molecule has 0 unspecified atom stereocenters. The highest BCUT2D eigenvalue weighted by atomic mass is 16.4. The molecule has 0 spiro atoms. The quantitative estimate of drug-likeness (QED) is 0.0509. The molecule has 35 nitrogen and oxygen atoms in total. The van der Waals surface area contributed by atoms with Gasteiger partial charge in [0.05, 0.1) is 11.1 Å². The molecule has 0 aromatic heterocycles. The zero-order valence-electron chi connectivity index (χ0n) is 49.3. The van der Waals surface area contributed by atoms with Crippen LogP contribution in [0, 0.1) is 0 Å². The Labute approximate surface area is 549 Å². The molecule has 0 fully saturated rings. The molecule has 0 amide bonds. The van der Waals surface area contributed by atoms with Crippen molar-refractivity contribution >= 4 is 69.3 Å². The first-order valence-electron chi connectivity index (χ1n) is 26.2. The van der Waals surface area contributed by atoms with Gasteiger partial charge in [-0.25, -0.2) is 38.4 Å². The lowest BCUT2D eigenvalue weighted by Gasteiger charge is -2.03. The Morgan fingerprint density at radius 1 is 0.202 bits per heavy atom. The van der Waals surface area contributed by atoms with Gasteiger partial charge in [0, 0.05) is 35.0 Å². The second-order valence-electron chi connectivity index (χ2n) is 18.7. The van der Waals surface area contributed by atoms with Crippen LogP contribution in [-0.4, -0.2) is 186 Å². The van der Waals surface area contributed by atoms with E-state index in [4.69, 9.17) is 128 Å². The topological polar surface area (TPSA) is 683 Å². The highest BCUT2D eigenvalue weighted by molar-refractivity contribution is 6.01. The molecule has 99 heavy (non-hydrogen) atoms. The van der Waals surface area contributed by atoms with E-state index in [1.807, 2.05) is 18.2 Å². The van der Waals surface area contributed by atoms with Crippen molar-refractivity contribution in [1.82, 2.24) is 0 Å². The number of fused-ring (bicyclic) bond motifs is 2. The van der Waals surface area contributed by atoms with E-state index in [1.165, 1.54) is 42.5 Å². The van der Waals surface area contributed by atoms with Crippen molar-refractivity contribution in [3.63, 3.8) is 0 Å². The number of aromatic hydroxyl groups is 19. The van der Waals surface area contributed by atoms with Crippen LogP contribution in [0.25, 0.3) is 21.5 Å². The number of hydrogen-bond donors (Lipinski definition) is 27. The lowest BCUT2D eigenvalue weighted by atomic mass is 10.1. The van der Waals surface area contributed by atoms with E-state index in [0.29, 0.717) is 10.8 Å². The molecule has 27 N–H and O–H groups in total. The molecular formula is C64H52O35. The summed E-state index contributed by atoms with van der Waals surface area (Å²) < 4.78 is 0. The van der Waals surface area contributed by atoms with Crippen LogP contribution in [0.1, 0.15) is 82.9 Å². The smallest absolute Gasteiger partial charge is 0.343 e. The van der Waals surface area contributed by atoms with Gasteiger partial charge < -0.3 is 138 Å². The minimum atomic E-state index is -1.50. The molecule has 10 aromatic rings. The van der Waals surface area contributed by atoms with Crippen LogP contribution < -0.4 is 0 Å². The molecule has 35 heteroatoms. The fourth-order valence-corrected chi connectivity index (χ4v) is 7.37. The number of rotatable bonds is 8. The third-order valence-corrected chi connectivity index (χ3v) is 12.1. The molecule has 0 saturated carbocycles. The average molecular weight is 1380 g/mol. The van der Waals surface area contributed by atoms with E-state index < -0.39 is 173 Å². The van der Waals surface area contributed by atoms with Crippen LogP contribution in [0.2, 0.25) is 0 Å². The Hall–Kier alpha value is -15.3. The summed E-state index contributed by atoms with van der Waals surface area (Å²) in [5, 5.41) is 241. The van der Waals surface area contributed by atoms with Gasteiger partial charge >= 0.3 is 47.8 Å². The third kappa shape index (κ3) is 21.1. The first-order chi connectivity index (χ1) is 46.1. The fourth-order valence-electron chi connectivity index (χ4n) is 7.37. The van der Waals surface area contributed by atoms with Crippen molar-refractivity contribution < 1.29 is 176 Å². The summed E-state index contributed by atoms with van der Waals surface area (Å²) in [5.74, 6) is -21.1. The summed E-state index contributed by atoms with van der Waals surface area (Å²) in [4.78, 5) is 83.4. The molecule has 10 rings (SSSR count). The summed E-state index contributed by atoms with van der Waals surface area (Å²) in [6.45, 7) is 0. The van der Waals surface area contributed by atoms with Crippen molar-refractivity contribution in [2.45, 2.75) is 0 Å². The molecule has 0 saturated heterocycles. The second kappa shape index (κ2) is 34.4.